The monoisotopic (exact) mass is 1730 g/mol. The maximum atomic E-state index is 5.34. The lowest BCUT2D eigenvalue weighted by molar-refractivity contribution is 0.674. The highest BCUT2D eigenvalue weighted by Crippen LogP contribution is 2.52. The quantitative estimate of drug-likeness (QED) is 0.0986. The molecule has 136 heavy (non-hydrogen) atoms. The molecule has 1 atom stereocenters. The molecule has 0 amide bonds. The lowest BCUT2D eigenvalue weighted by Gasteiger charge is -2.24. The van der Waals surface area contributed by atoms with E-state index < -0.39 is 0 Å². The van der Waals surface area contributed by atoms with E-state index in [9.17, 15) is 0 Å². The zero-order valence-corrected chi connectivity index (χ0v) is 74.0. The fourth-order valence-electron chi connectivity index (χ4n) is 21.0. The van der Waals surface area contributed by atoms with Crippen LogP contribution in [0.1, 0.15) is 22.9 Å². The molecule has 2 heterocycles. The van der Waals surface area contributed by atoms with Crippen molar-refractivity contribution >= 4 is 54.8 Å². The van der Waals surface area contributed by atoms with E-state index in [0.717, 1.165) is 128 Å². The summed E-state index contributed by atoms with van der Waals surface area (Å²) >= 11 is 0. The third-order valence-electron chi connectivity index (χ3n) is 27.8. The highest BCUT2D eigenvalue weighted by atomic mass is 15.2. The Morgan fingerprint density at radius 1 is 0.162 bits per heavy atom. The van der Waals surface area contributed by atoms with E-state index in [0.29, 0.717) is 23.3 Å². The molecule has 1 aliphatic heterocycles. The van der Waals surface area contributed by atoms with Crippen molar-refractivity contribution in [2.24, 2.45) is 9.98 Å². The molecule has 0 radical (unpaired) electrons. The van der Waals surface area contributed by atoms with Crippen LogP contribution in [-0.2, 0) is 0 Å². The summed E-state index contributed by atoms with van der Waals surface area (Å²) in [5, 5.41) is 13.6. The van der Waals surface area contributed by atoms with Gasteiger partial charge in [-0.2, -0.15) is 0 Å². The molecule has 1 aromatic heterocycles. The Kier molecular flexibility index (Phi) is 19.3. The van der Waals surface area contributed by atoms with Crippen molar-refractivity contribution < 1.29 is 0 Å². The van der Waals surface area contributed by atoms with Crippen LogP contribution in [0.15, 0.2) is 495 Å². The fourth-order valence-corrected chi connectivity index (χ4v) is 21.0. The van der Waals surface area contributed by atoms with Crippen molar-refractivity contribution in [3.63, 3.8) is 0 Å². The number of benzene rings is 22. The molecule has 0 fully saturated rings. The largest absolute Gasteiger partial charge is 0.344 e. The fraction of sp³-hybridized carbons (Fsp3) is 0.00769. The number of amidine groups is 2. The molecule has 0 bridgehead atoms. The second kappa shape index (κ2) is 33.1. The number of hydrogen-bond acceptors (Lipinski definition) is 6. The van der Waals surface area contributed by atoms with Crippen molar-refractivity contribution in [3.8, 4) is 201 Å². The van der Waals surface area contributed by atoms with Gasteiger partial charge in [0.2, 0.25) is 0 Å². The molecule has 2 aliphatic carbocycles. The minimum atomic E-state index is -0.350. The zero-order chi connectivity index (χ0) is 89.7. The number of nitrogens with zero attached hydrogens (tertiary/aromatic N) is 5. The molecule has 6 nitrogen and oxygen atoms in total. The van der Waals surface area contributed by atoms with Gasteiger partial charge in [0.25, 0.3) is 0 Å². The number of hydrogen-bond donors (Lipinski definition) is 1. The molecule has 632 valence electrons. The van der Waals surface area contributed by atoms with Crippen LogP contribution in [0.4, 0.5) is 0 Å². The molecular formula is C130H82N6. The Hall–Kier alpha value is -18.0. The van der Waals surface area contributed by atoms with Crippen molar-refractivity contribution in [1.82, 2.24) is 20.3 Å². The van der Waals surface area contributed by atoms with E-state index in [1.165, 1.54) is 121 Å². The minimum absolute atomic E-state index is 0.350. The normalized spacial score (nSPS) is 12.8. The van der Waals surface area contributed by atoms with Gasteiger partial charge in [-0.1, -0.05) is 449 Å². The van der Waals surface area contributed by atoms with Gasteiger partial charge in [-0.05, 0) is 252 Å². The first-order valence-electron chi connectivity index (χ1n) is 46.6. The molecule has 0 saturated carbocycles. The smallest absolute Gasteiger partial charge is 0.164 e. The highest BCUT2D eigenvalue weighted by molar-refractivity contribution is 6.19. The predicted octanol–water partition coefficient (Wildman–Crippen LogP) is 33.6. The first-order valence-corrected chi connectivity index (χ1v) is 46.6. The van der Waals surface area contributed by atoms with Crippen molar-refractivity contribution in [2.75, 3.05) is 0 Å². The summed E-state index contributed by atoms with van der Waals surface area (Å²) in [6.07, 6.45) is -0.350. The Balaban J connectivity index is 0.487. The Bertz CT molecular complexity index is 8800. The first-order chi connectivity index (χ1) is 67.3. The number of rotatable bonds is 17. The first kappa shape index (κ1) is 79.0. The average Bonchev–Trinajstić information content (AvgIpc) is 1.48. The summed E-state index contributed by atoms with van der Waals surface area (Å²) in [4.78, 5) is 26.2. The van der Waals surface area contributed by atoms with Gasteiger partial charge in [-0.3, -0.25) is 0 Å². The second-order valence-corrected chi connectivity index (χ2v) is 35.7. The van der Waals surface area contributed by atoms with E-state index in [1.807, 2.05) is 24.3 Å². The van der Waals surface area contributed by atoms with Crippen LogP contribution >= 0.6 is 0 Å². The molecular weight excluding hydrogens is 1650 g/mol. The van der Waals surface area contributed by atoms with Crippen molar-refractivity contribution in [1.29, 1.82) is 0 Å². The average molecular weight is 1730 g/mol. The maximum Gasteiger partial charge on any atom is 0.164 e. The lowest BCUT2D eigenvalue weighted by atomic mass is 9.88. The zero-order valence-electron chi connectivity index (χ0n) is 74.0. The van der Waals surface area contributed by atoms with E-state index >= 15 is 0 Å². The van der Waals surface area contributed by atoms with Gasteiger partial charge in [-0.15, -0.1) is 0 Å². The van der Waals surface area contributed by atoms with Crippen LogP contribution in [0.2, 0.25) is 0 Å². The number of fused-ring (bicyclic) bond motifs is 8. The van der Waals surface area contributed by atoms with Crippen LogP contribution < -0.4 is 5.32 Å². The third kappa shape index (κ3) is 14.2. The molecule has 3 aliphatic rings. The molecule has 23 aromatic rings. The number of nitrogens with one attached hydrogen (secondary N) is 1. The molecule has 0 spiro atoms. The summed E-state index contributed by atoms with van der Waals surface area (Å²) in [5.41, 5.74) is 41.3. The predicted molar refractivity (Wildman–Crippen MR) is 567 cm³/mol. The Labute approximate surface area is 788 Å². The van der Waals surface area contributed by atoms with E-state index in [2.05, 4.69) is 466 Å². The van der Waals surface area contributed by atoms with Crippen LogP contribution in [0, 0.1) is 0 Å². The summed E-state index contributed by atoms with van der Waals surface area (Å²) < 4.78 is 0. The number of aliphatic imine (C=N–C) groups is 2. The Morgan fingerprint density at radius 3 is 0.904 bits per heavy atom. The topological polar surface area (TPSA) is 75.4 Å². The van der Waals surface area contributed by atoms with Gasteiger partial charge in [0.1, 0.15) is 12.0 Å². The summed E-state index contributed by atoms with van der Waals surface area (Å²) in [6.45, 7) is 0. The van der Waals surface area contributed by atoms with E-state index in [4.69, 9.17) is 24.9 Å². The lowest BCUT2D eigenvalue weighted by Crippen LogP contribution is -2.33. The third-order valence-corrected chi connectivity index (χ3v) is 27.8. The highest BCUT2D eigenvalue weighted by Gasteiger charge is 2.28. The standard InChI is InChI=1S/C130H82N6/c1-4-21-81(22-5-1)82-55-63-94(64-56-82)129-133-126(92-25-8-3-9-26-92)135-130(136-129)104-36-12-35-102(77-104)108-40-20-43-112-107(39-19-44-113(108)112)101-34-11-32-97(76-101)99-69-72-109(103-71-74-115-117-46-14-28-90-30-16-48-119(124(90)117)122(115)80-103)120(78-99)88-59-53-83(54-60-88)84-57-65-93(66-58-84)127-131-125(91-23-6-2-7-24-91)132-128(134-127)95-67-61-87(62-68-95)105-37-17-42-111-106(38-18-41-110(105)111)100-33-10-31-96(75-100)85-49-51-86(52-50-85)98-70-73-114-116-45-13-27-89-29-15-47-118(123(89)116)121(114)79-98/h1-80,129H,(H,133,135,136). The van der Waals surface area contributed by atoms with E-state index in [1.54, 1.807) is 0 Å². The molecule has 6 heteroatoms. The minimum Gasteiger partial charge on any atom is -0.344 e. The Morgan fingerprint density at radius 2 is 0.434 bits per heavy atom. The van der Waals surface area contributed by atoms with E-state index in [-0.39, 0.29) is 6.17 Å². The maximum absolute atomic E-state index is 5.34. The van der Waals surface area contributed by atoms with Crippen LogP contribution in [0.25, 0.3) is 244 Å². The van der Waals surface area contributed by atoms with Crippen LogP contribution in [-0.4, -0.2) is 26.6 Å². The molecule has 22 aromatic carbocycles. The molecule has 26 rings (SSSR count). The number of aromatic nitrogens is 3. The van der Waals surface area contributed by atoms with Crippen LogP contribution in [0.3, 0.4) is 0 Å². The van der Waals surface area contributed by atoms with Gasteiger partial charge in [0, 0.05) is 27.8 Å². The van der Waals surface area contributed by atoms with Crippen molar-refractivity contribution in [3.05, 3.63) is 502 Å². The van der Waals surface area contributed by atoms with Gasteiger partial charge in [-0.25, -0.2) is 24.9 Å². The van der Waals surface area contributed by atoms with Crippen molar-refractivity contribution in [2.45, 2.75) is 6.17 Å². The van der Waals surface area contributed by atoms with Gasteiger partial charge >= 0.3 is 0 Å². The molecule has 1 unspecified atom stereocenters. The SMILES string of the molecule is c1ccc(C2=NC(c3cccc(-c4cccc5c(-c6cccc(-c7ccc(-c8ccc9c(c8)-c8cccc%10cccc-9c8%10)c(-c8ccc(-c9ccc(-c%10nc(-c%11ccccc%11)nc(-c%11ccc(-c%12cccc%13c(-c%14cccc(-c%15ccc(-c%16ccc%17c(c%16)-c%16cccc%18cccc-%17c%16%18)cc%15)c%14)cccc%12%13)cc%11)n%10)cc9)cc8)c7)c6)cccc45)c3)=NC(c3ccc(-c4ccccc4)cc3)N2)cc1. The summed E-state index contributed by atoms with van der Waals surface area (Å²) in [7, 11) is 0. The second-order valence-electron chi connectivity index (χ2n) is 35.7. The van der Waals surface area contributed by atoms with Crippen LogP contribution in [0.5, 0.6) is 0 Å². The van der Waals surface area contributed by atoms with Gasteiger partial charge in [0.05, 0.1) is 0 Å². The van der Waals surface area contributed by atoms with Gasteiger partial charge in [0.15, 0.2) is 23.3 Å². The summed E-state index contributed by atoms with van der Waals surface area (Å²) in [6, 6.07) is 176. The molecule has 0 saturated heterocycles. The summed E-state index contributed by atoms with van der Waals surface area (Å²) in [5.74, 6) is 3.27. The molecule has 1 N–H and O–H groups in total. The van der Waals surface area contributed by atoms with Gasteiger partial charge < -0.3 is 5.32 Å².